The summed E-state index contributed by atoms with van der Waals surface area (Å²) in [6, 6.07) is 6.48. The zero-order valence-corrected chi connectivity index (χ0v) is 18.2. The molecule has 2 heterocycles. The smallest absolute Gasteiger partial charge is 0.325 e. The quantitative estimate of drug-likeness (QED) is 0.575. The lowest BCUT2D eigenvalue weighted by molar-refractivity contribution is -0.140. The van der Waals surface area contributed by atoms with Crippen LogP contribution in [0.5, 0.6) is 5.75 Å². The van der Waals surface area contributed by atoms with Crippen molar-refractivity contribution in [1.29, 1.82) is 0 Å². The van der Waals surface area contributed by atoms with Crippen LogP contribution in [-0.4, -0.2) is 53.9 Å². The van der Waals surface area contributed by atoms with E-state index in [1.54, 1.807) is 36.1 Å². The molecular formula is C23H31N3O4. The summed E-state index contributed by atoms with van der Waals surface area (Å²) in [5, 5.41) is 2.75. The van der Waals surface area contributed by atoms with Gasteiger partial charge in [-0.15, -0.1) is 0 Å². The van der Waals surface area contributed by atoms with Crippen molar-refractivity contribution in [1.82, 2.24) is 15.1 Å². The van der Waals surface area contributed by atoms with Crippen molar-refractivity contribution in [3.8, 4) is 5.75 Å². The van der Waals surface area contributed by atoms with E-state index in [2.05, 4.69) is 25.7 Å². The van der Waals surface area contributed by atoms with E-state index in [0.717, 1.165) is 16.9 Å². The zero-order valence-electron chi connectivity index (χ0n) is 18.2. The number of imide groups is 1. The van der Waals surface area contributed by atoms with Crippen LogP contribution in [-0.2, 0) is 15.1 Å². The van der Waals surface area contributed by atoms with Crippen molar-refractivity contribution in [3.63, 3.8) is 0 Å². The van der Waals surface area contributed by atoms with Gasteiger partial charge in [0.15, 0.2) is 0 Å². The molecule has 0 aliphatic carbocycles. The number of carbonyl (C=O) groups is 3. The molecule has 0 radical (unpaired) electrons. The van der Waals surface area contributed by atoms with Crippen LogP contribution in [0.2, 0.25) is 0 Å². The third-order valence-electron chi connectivity index (χ3n) is 5.71. The van der Waals surface area contributed by atoms with Gasteiger partial charge in [0.1, 0.15) is 24.4 Å². The first-order valence-electron chi connectivity index (χ1n) is 10.4. The second kappa shape index (κ2) is 8.50. The molecule has 2 aliphatic rings. The highest BCUT2D eigenvalue weighted by Gasteiger charge is 2.49. The Morgan fingerprint density at radius 3 is 2.37 bits per heavy atom. The first-order valence-corrected chi connectivity index (χ1v) is 10.4. The van der Waals surface area contributed by atoms with Crippen LogP contribution >= 0.6 is 0 Å². The van der Waals surface area contributed by atoms with E-state index < -0.39 is 17.5 Å². The van der Waals surface area contributed by atoms with Crippen molar-refractivity contribution >= 4 is 17.8 Å². The van der Waals surface area contributed by atoms with E-state index in [0.29, 0.717) is 42.8 Å². The van der Waals surface area contributed by atoms with Gasteiger partial charge in [0, 0.05) is 13.1 Å². The average molecular weight is 414 g/mol. The van der Waals surface area contributed by atoms with Crippen LogP contribution in [0.1, 0.15) is 39.7 Å². The third kappa shape index (κ3) is 4.50. The number of ether oxygens (including phenoxy) is 1. The lowest BCUT2D eigenvalue weighted by Gasteiger charge is -2.35. The highest BCUT2D eigenvalue weighted by Crippen LogP contribution is 2.30. The summed E-state index contributed by atoms with van der Waals surface area (Å²) in [5.41, 5.74) is 0.327. The largest absolute Gasteiger partial charge is 0.489 e. The van der Waals surface area contributed by atoms with E-state index >= 15 is 0 Å². The summed E-state index contributed by atoms with van der Waals surface area (Å²) < 4.78 is 5.59. The van der Waals surface area contributed by atoms with Crippen molar-refractivity contribution in [2.24, 2.45) is 11.8 Å². The Hall–Kier alpha value is -2.83. The van der Waals surface area contributed by atoms with Gasteiger partial charge in [-0.25, -0.2) is 4.79 Å². The summed E-state index contributed by atoms with van der Waals surface area (Å²) in [7, 11) is 0. The summed E-state index contributed by atoms with van der Waals surface area (Å²) in [4.78, 5) is 41.2. The number of hydrogen-bond donors (Lipinski definition) is 1. The fraction of sp³-hybridized carbons (Fsp3) is 0.522. The van der Waals surface area contributed by atoms with E-state index in [9.17, 15) is 14.4 Å². The average Bonchev–Trinajstić information content (AvgIpc) is 2.90. The number of carbonyl (C=O) groups excluding carboxylic acids is 3. The van der Waals surface area contributed by atoms with Crippen LogP contribution in [0.3, 0.4) is 0 Å². The molecule has 7 nitrogen and oxygen atoms in total. The highest BCUT2D eigenvalue weighted by atomic mass is 16.5. The van der Waals surface area contributed by atoms with Gasteiger partial charge in [-0.2, -0.15) is 0 Å². The number of amides is 4. The predicted octanol–water partition coefficient (Wildman–Crippen LogP) is 2.91. The third-order valence-corrected chi connectivity index (χ3v) is 5.71. The number of nitrogens with one attached hydrogen (secondary N) is 1. The van der Waals surface area contributed by atoms with E-state index in [1.165, 1.54) is 0 Å². The maximum Gasteiger partial charge on any atom is 0.325 e. The molecule has 1 N–H and O–H groups in total. The van der Waals surface area contributed by atoms with Crippen LogP contribution in [0.4, 0.5) is 4.79 Å². The Bertz CT molecular complexity index is 841. The Balaban J connectivity index is 1.70. The topological polar surface area (TPSA) is 79.0 Å². The van der Waals surface area contributed by atoms with Crippen LogP contribution in [0.15, 0.2) is 36.4 Å². The van der Waals surface area contributed by atoms with Gasteiger partial charge in [0.2, 0.25) is 5.91 Å². The van der Waals surface area contributed by atoms with Gasteiger partial charge in [0.25, 0.3) is 5.91 Å². The number of rotatable bonds is 6. The summed E-state index contributed by atoms with van der Waals surface area (Å²) in [5.74, 6) is 0.870. The van der Waals surface area contributed by atoms with Crippen LogP contribution in [0, 0.1) is 11.8 Å². The predicted molar refractivity (Wildman–Crippen MR) is 114 cm³/mol. The van der Waals surface area contributed by atoms with Crippen molar-refractivity contribution in [2.45, 2.75) is 39.7 Å². The Labute approximate surface area is 178 Å². The van der Waals surface area contributed by atoms with Crippen molar-refractivity contribution in [3.05, 3.63) is 42.0 Å². The maximum absolute atomic E-state index is 13.1. The Morgan fingerprint density at radius 1 is 1.20 bits per heavy atom. The molecule has 3 atom stereocenters. The van der Waals surface area contributed by atoms with E-state index in [1.807, 2.05) is 6.92 Å². The first-order chi connectivity index (χ1) is 14.1. The van der Waals surface area contributed by atoms with Crippen molar-refractivity contribution in [2.75, 3.05) is 26.2 Å². The molecule has 30 heavy (non-hydrogen) atoms. The van der Waals surface area contributed by atoms with Gasteiger partial charge < -0.3 is 15.0 Å². The van der Waals surface area contributed by atoms with Crippen molar-refractivity contribution < 1.29 is 19.1 Å². The van der Waals surface area contributed by atoms with Gasteiger partial charge in [0.05, 0.1) is 0 Å². The molecule has 2 saturated heterocycles. The summed E-state index contributed by atoms with van der Waals surface area (Å²) >= 11 is 0. The second-order valence-corrected chi connectivity index (χ2v) is 8.96. The standard InChI is InChI=1S/C23H31N3O4/c1-15(2)14-30-19-8-6-18(7-9-19)23(5)21(28)26(22(29)24-23)13-20(27)25-11-16(3)10-17(4)12-25/h6-9,16-17H,1,10-14H2,2-5H3,(H,24,29). The molecule has 3 rings (SSSR count). The Morgan fingerprint density at radius 2 is 1.80 bits per heavy atom. The molecule has 162 valence electrons. The number of urea groups is 1. The molecule has 0 spiro atoms. The fourth-order valence-corrected chi connectivity index (χ4v) is 4.23. The molecule has 7 heteroatoms. The second-order valence-electron chi connectivity index (χ2n) is 8.96. The molecule has 2 aliphatic heterocycles. The number of benzene rings is 1. The molecule has 0 saturated carbocycles. The lowest BCUT2D eigenvalue weighted by atomic mass is 9.91. The number of nitrogens with zero attached hydrogens (tertiary/aromatic N) is 2. The minimum absolute atomic E-state index is 0.190. The monoisotopic (exact) mass is 413 g/mol. The lowest BCUT2D eigenvalue weighted by Crippen LogP contribution is -2.48. The Kier molecular flexibility index (Phi) is 6.19. The maximum atomic E-state index is 13.1. The number of likely N-dealkylation sites (tertiary alicyclic amines) is 1. The number of piperidine rings is 1. The molecule has 0 aromatic heterocycles. The van der Waals surface area contributed by atoms with Gasteiger partial charge in [-0.1, -0.05) is 32.6 Å². The SMILES string of the molecule is C=C(C)COc1ccc(C2(C)NC(=O)N(CC(=O)N3CC(C)CC(C)C3)C2=O)cc1. The summed E-state index contributed by atoms with van der Waals surface area (Å²) in [6.45, 7) is 13.1. The zero-order chi connectivity index (χ0) is 22.1. The molecule has 0 bridgehead atoms. The van der Waals surface area contributed by atoms with Crippen LogP contribution in [0.25, 0.3) is 0 Å². The van der Waals surface area contributed by atoms with Crippen LogP contribution < -0.4 is 10.1 Å². The molecule has 4 amide bonds. The first kappa shape index (κ1) is 21.9. The van der Waals surface area contributed by atoms with E-state index in [4.69, 9.17) is 4.74 Å². The minimum atomic E-state index is -1.22. The van der Waals surface area contributed by atoms with Gasteiger partial charge in [-0.05, 0) is 55.4 Å². The normalized spacial score (nSPS) is 26.5. The highest BCUT2D eigenvalue weighted by molar-refractivity contribution is 6.09. The fourth-order valence-electron chi connectivity index (χ4n) is 4.23. The molecule has 2 fully saturated rings. The molecular weight excluding hydrogens is 382 g/mol. The number of hydrogen-bond acceptors (Lipinski definition) is 4. The summed E-state index contributed by atoms with van der Waals surface area (Å²) in [6.07, 6.45) is 1.08. The minimum Gasteiger partial charge on any atom is -0.489 e. The molecule has 1 aromatic carbocycles. The van der Waals surface area contributed by atoms with Gasteiger partial charge >= 0.3 is 6.03 Å². The molecule has 1 aromatic rings. The van der Waals surface area contributed by atoms with E-state index in [-0.39, 0.29) is 12.5 Å². The van der Waals surface area contributed by atoms with Gasteiger partial charge in [-0.3, -0.25) is 14.5 Å². The molecule has 3 unspecified atom stereocenters.